The van der Waals surface area contributed by atoms with Gasteiger partial charge in [0.05, 0.1) is 0 Å². The molecular formula is C19H33IN4S. The van der Waals surface area contributed by atoms with Crippen LogP contribution in [-0.4, -0.2) is 50.1 Å². The van der Waals surface area contributed by atoms with Gasteiger partial charge in [-0.25, -0.2) is 0 Å². The van der Waals surface area contributed by atoms with Crippen LogP contribution in [0.3, 0.4) is 0 Å². The number of aliphatic imine (C=N–C) groups is 1. The highest BCUT2D eigenvalue weighted by molar-refractivity contribution is 14.0. The minimum atomic E-state index is 0. The van der Waals surface area contributed by atoms with E-state index >= 15 is 0 Å². The van der Waals surface area contributed by atoms with Crippen LogP contribution in [0.2, 0.25) is 0 Å². The zero-order valence-electron chi connectivity index (χ0n) is 15.8. The zero-order valence-corrected chi connectivity index (χ0v) is 18.9. The van der Waals surface area contributed by atoms with E-state index in [1.807, 2.05) is 18.4 Å². The molecule has 1 aliphatic heterocycles. The monoisotopic (exact) mass is 476 g/mol. The normalized spacial score (nSPS) is 17.6. The topological polar surface area (TPSA) is 39.7 Å². The summed E-state index contributed by atoms with van der Waals surface area (Å²) in [5.74, 6) is 1.53. The van der Waals surface area contributed by atoms with Gasteiger partial charge >= 0.3 is 0 Å². The van der Waals surface area contributed by atoms with E-state index in [2.05, 4.69) is 58.5 Å². The van der Waals surface area contributed by atoms with Crippen molar-refractivity contribution < 1.29 is 0 Å². The molecule has 1 aliphatic rings. The summed E-state index contributed by atoms with van der Waals surface area (Å²) >= 11 is 1.84. The summed E-state index contributed by atoms with van der Waals surface area (Å²) in [6.07, 6.45) is 3.46. The number of thiophene rings is 1. The number of rotatable bonds is 7. The SMILES string of the molecule is C=C(C)CN1CCC(NC(=NC)NCC(C)Cc2cccs2)CC1.I. The van der Waals surface area contributed by atoms with E-state index in [0.29, 0.717) is 12.0 Å². The van der Waals surface area contributed by atoms with Crippen molar-refractivity contribution in [1.82, 2.24) is 15.5 Å². The minimum Gasteiger partial charge on any atom is -0.356 e. The molecule has 142 valence electrons. The highest BCUT2D eigenvalue weighted by atomic mass is 127. The Morgan fingerprint density at radius 3 is 2.72 bits per heavy atom. The van der Waals surface area contributed by atoms with E-state index < -0.39 is 0 Å². The Kier molecular flexibility index (Phi) is 10.7. The average molecular weight is 476 g/mol. The number of hydrogen-bond donors (Lipinski definition) is 2. The predicted octanol–water partition coefficient (Wildman–Crippen LogP) is 3.75. The van der Waals surface area contributed by atoms with Gasteiger partial charge in [0, 0.05) is 44.1 Å². The summed E-state index contributed by atoms with van der Waals surface area (Å²) in [6, 6.07) is 4.86. The van der Waals surface area contributed by atoms with Crippen molar-refractivity contribution in [3.8, 4) is 0 Å². The smallest absolute Gasteiger partial charge is 0.191 e. The van der Waals surface area contributed by atoms with E-state index in [0.717, 1.165) is 38.6 Å². The molecule has 1 aromatic rings. The average Bonchev–Trinajstić information content (AvgIpc) is 3.05. The number of halogens is 1. The van der Waals surface area contributed by atoms with Gasteiger partial charge in [0.15, 0.2) is 5.96 Å². The number of guanidine groups is 1. The molecule has 0 aliphatic carbocycles. The van der Waals surface area contributed by atoms with Gasteiger partial charge in [-0.1, -0.05) is 25.1 Å². The maximum atomic E-state index is 4.39. The maximum absolute atomic E-state index is 4.39. The zero-order chi connectivity index (χ0) is 17.4. The van der Waals surface area contributed by atoms with Crippen LogP contribution >= 0.6 is 35.3 Å². The molecule has 1 fully saturated rings. The van der Waals surface area contributed by atoms with Crippen molar-refractivity contribution >= 4 is 41.3 Å². The lowest BCUT2D eigenvalue weighted by Crippen LogP contribution is -2.49. The van der Waals surface area contributed by atoms with Crippen LogP contribution in [-0.2, 0) is 6.42 Å². The molecule has 1 saturated heterocycles. The summed E-state index contributed by atoms with van der Waals surface area (Å²) in [6.45, 7) is 12.7. The molecule has 2 heterocycles. The second kappa shape index (κ2) is 11.9. The first kappa shape index (κ1) is 22.4. The maximum Gasteiger partial charge on any atom is 0.191 e. The quantitative estimate of drug-likeness (QED) is 0.273. The predicted molar refractivity (Wildman–Crippen MR) is 121 cm³/mol. The summed E-state index contributed by atoms with van der Waals surface area (Å²) < 4.78 is 0. The van der Waals surface area contributed by atoms with Crippen LogP contribution in [0.5, 0.6) is 0 Å². The molecule has 6 heteroatoms. The number of nitrogens with one attached hydrogen (secondary N) is 2. The second-order valence-electron chi connectivity index (χ2n) is 6.99. The van der Waals surface area contributed by atoms with Gasteiger partial charge in [-0.15, -0.1) is 35.3 Å². The van der Waals surface area contributed by atoms with Crippen molar-refractivity contribution in [3.63, 3.8) is 0 Å². The molecule has 0 saturated carbocycles. The summed E-state index contributed by atoms with van der Waals surface area (Å²) in [5, 5.41) is 9.22. The summed E-state index contributed by atoms with van der Waals surface area (Å²) in [5.41, 5.74) is 1.25. The van der Waals surface area contributed by atoms with Gasteiger partial charge in [-0.2, -0.15) is 0 Å². The highest BCUT2D eigenvalue weighted by Gasteiger charge is 2.19. The van der Waals surface area contributed by atoms with Gasteiger partial charge in [0.1, 0.15) is 0 Å². The molecule has 0 spiro atoms. The molecule has 0 bridgehead atoms. The molecule has 1 atom stereocenters. The van der Waals surface area contributed by atoms with Crippen LogP contribution in [0.4, 0.5) is 0 Å². The molecule has 1 unspecified atom stereocenters. The first-order valence-electron chi connectivity index (χ1n) is 8.93. The molecule has 25 heavy (non-hydrogen) atoms. The number of piperidine rings is 1. The Balaban J connectivity index is 0.00000312. The van der Waals surface area contributed by atoms with Crippen molar-refractivity contribution in [2.45, 2.75) is 39.2 Å². The van der Waals surface area contributed by atoms with E-state index in [1.54, 1.807) is 0 Å². The fourth-order valence-corrected chi connectivity index (χ4v) is 3.99. The molecule has 0 aromatic carbocycles. The lowest BCUT2D eigenvalue weighted by Gasteiger charge is -2.33. The standard InChI is InChI=1S/C19H32N4S.HI/c1-15(2)14-23-9-7-17(8-10-23)22-19(20-4)21-13-16(3)12-18-6-5-11-24-18;/h5-6,11,16-17H,1,7-10,12-14H2,2-4H3,(H2,20,21,22);1H. The highest BCUT2D eigenvalue weighted by Crippen LogP contribution is 2.14. The van der Waals surface area contributed by atoms with Gasteiger partial charge in [-0.3, -0.25) is 9.89 Å². The molecule has 2 N–H and O–H groups in total. The van der Waals surface area contributed by atoms with E-state index in [9.17, 15) is 0 Å². The summed E-state index contributed by atoms with van der Waals surface area (Å²) in [7, 11) is 1.86. The van der Waals surface area contributed by atoms with Crippen molar-refractivity contribution in [2.75, 3.05) is 33.2 Å². The molecular weight excluding hydrogens is 443 g/mol. The Hall–Kier alpha value is -0.600. The van der Waals surface area contributed by atoms with Gasteiger partial charge in [0.2, 0.25) is 0 Å². The molecule has 1 aromatic heterocycles. The fourth-order valence-electron chi connectivity index (χ4n) is 3.12. The van der Waals surface area contributed by atoms with Gasteiger partial charge in [0.25, 0.3) is 0 Å². The van der Waals surface area contributed by atoms with Gasteiger partial charge in [-0.05, 0) is 43.6 Å². The third-order valence-corrected chi connectivity index (χ3v) is 5.29. The Bertz CT molecular complexity index is 522. The minimum absolute atomic E-state index is 0. The largest absolute Gasteiger partial charge is 0.356 e. The lowest BCUT2D eigenvalue weighted by molar-refractivity contribution is 0.221. The molecule has 0 amide bonds. The van der Waals surface area contributed by atoms with Crippen LogP contribution < -0.4 is 10.6 Å². The van der Waals surface area contributed by atoms with E-state index in [1.165, 1.54) is 23.3 Å². The van der Waals surface area contributed by atoms with Crippen LogP contribution in [0.15, 0.2) is 34.7 Å². The molecule has 0 radical (unpaired) electrons. The van der Waals surface area contributed by atoms with Crippen molar-refractivity contribution in [1.29, 1.82) is 0 Å². The van der Waals surface area contributed by atoms with Gasteiger partial charge < -0.3 is 10.6 Å². The van der Waals surface area contributed by atoms with E-state index in [-0.39, 0.29) is 24.0 Å². The molecule has 2 rings (SSSR count). The van der Waals surface area contributed by atoms with Crippen LogP contribution in [0.1, 0.15) is 31.6 Å². The first-order valence-corrected chi connectivity index (χ1v) is 9.81. The summed E-state index contributed by atoms with van der Waals surface area (Å²) in [4.78, 5) is 8.33. The Labute approximate surface area is 174 Å². The number of hydrogen-bond acceptors (Lipinski definition) is 3. The van der Waals surface area contributed by atoms with Crippen molar-refractivity contribution in [2.24, 2.45) is 10.9 Å². The number of likely N-dealkylation sites (tertiary alicyclic amines) is 1. The van der Waals surface area contributed by atoms with Crippen LogP contribution in [0, 0.1) is 5.92 Å². The van der Waals surface area contributed by atoms with E-state index in [4.69, 9.17) is 0 Å². The Morgan fingerprint density at radius 1 is 1.44 bits per heavy atom. The molecule has 4 nitrogen and oxygen atoms in total. The third kappa shape index (κ3) is 8.55. The Morgan fingerprint density at radius 2 is 2.16 bits per heavy atom. The second-order valence-corrected chi connectivity index (χ2v) is 8.03. The lowest BCUT2D eigenvalue weighted by atomic mass is 10.0. The fraction of sp³-hybridized carbons (Fsp3) is 0.632. The van der Waals surface area contributed by atoms with Crippen molar-refractivity contribution in [3.05, 3.63) is 34.5 Å². The first-order chi connectivity index (χ1) is 11.6. The third-order valence-electron chi connectivity index (χ3n) is 4.39. The van der Waals surface area contributed by atoms with Crippen LogP contribution in [0.25, 0.3) is 0 Å². The number of nitrogens with zero attached hydrogens (tertiary/aromatic N) is 2.